The number of halogens is 1. The number of rotatable bonds is 5. The van der Waals surface area contributed by atoms with E-state index in [4.69, 9.17) is 0 Å². The number of hydrogen-bond donors (Lipinski definition) is 1. The Morgan fingerprint density at radius 2 is 1.91 bits per heavy atom. The number of nitrogens with one attached hydrogen (secondary N) is 1. The zero-order valence-corrected chi connectivity index (χ0v) is 19.2. The number of hydrogen-bond acceptors (Lipinski definition) is 9. The topological polar surface area (TPSA) is 118 Å². The molecule has 1 aliphatic rings. The summed E-state index contributed by atoms with van der Waals surface area (Å²) in [7, 11) is 1.83. The quantitative estimate of drug-likeness (QED) is 0.434. The van der Waals surface area contributed by atoms with Gasteiger partial charge in [0.25, 0.3) is 5.91 Å². The lowest BCUT2D eigenvalue weighted by atomic mass is 10.2. The van der Waals surface area contributed by atoms with Crippen LogP contribution in [0.2, 0.25) is 0 Å². The van der Waals surface area contributed by atoms with E-state index >= 15 is 0 Å². The van der Waals surface area contributed by atoms with Gasteiger partial charge in [0, 0.05) is 56.7 Å². The van der Waals surface area contributed by atoms with Gasteiger partial charge in [-0.1, -0.05) is 0 Å². The maximum Gasteiger partial charge on any atom is 0.258 e. The molecule has 0 bridgehead atoms. The number of pyridine rings is 1. The van der Waals surface area contributed by atoms with Gasteiger partial charge < -0.3 is 15.1 Å². The number of anilines is 3. The number of carbonyl (C=O) groups is 1. The number of amides is 1. The molecule has 5 heterocycles. The molecule has 0 saturated carbocycles. The van der Waals surface area contributed by atoms with Gasteiger partial charge in [-0.3, -0.25) is 14.5 Å². The predicted octanol–water partition coefficient (Wildman–Crippen LogP) is 2.17. The molecule has 1 N–H and O–H groups in total. The van der Waals surface area contributed by atoms with E-state index in [0.29, 0.717) is 42.7 Å². The Morgan fingerprint density at radius 1 is 1.03 bits per heavy atom. The fraction of sp³-hybridized carbons (Fsp3) is 0.261. The SMILES string of the molecule is C[C@H]1CN(c2cnc(NC(=O)c3ccc(-c4cnn(C)c4)nc3)cn2)CCN1c1cc(F)ncn1. The molecular formula is C23H23FN10O. The van der Waals surface area contributed by atoms with Gasteiger partial charge in [-0.2, -0.15) is 9.49 Å². The molecule has 5 rings (SSSR count). The van der Waals surface area contributed by atoms with Crippen LogP contribution in [-0.4, -0.2) is 66.3 Å². The fourth-order valence-electron chi connectivity index (χ4n) is 3.98. The van der Waals surface area contributed by atoms with Gasteiger partial charge in [-0.05, 0) is 19.1 Å². The van der Waals surface area contributed by atoms with Gasteiger partial charge in [-0.25, -0.2) is 19.9 Å². The molecule has 0 radical (unpaired) electrons. The molecule has 0 aliphatic carbocycles. The molecule has 1 fully saturated rings. The molecule has 0 aromatic carbocycles. The number of piperazine rings is 1. The third-order valence-corrected chi connectivity index (χ3v) is 5.77. The molecule has 11 nitrogen and oxygen atoms in total. The van der Waals surface area contributed by atoms with Gasteiger partial charge in [0.2, 0.25) is 5.95 Å². The minimum Gasteiger partial charge on any atom is -0.352 e. The summed E-state index contributed by atoms with van der Waals surface area (Å²) < 4.78 is 15.2. The monoisotopic (exact) mass is 474 g/mol. The van der Waals surface area contributed by atoms with E-state index in [1.165, 1.54) is 24.8 Å². The maximum absolute atomic E-state index is 13.5. The second-order valence-corrected chi connectivity index (χ2v) is 8.24. The van der Waals surface area contributed by atoms with E-state index in [-0.39, 0.29) is 11.9 Å². The number of nitrogens with zero attached hydrogens (tertiary/aromatic N) is 9. The van der Waals surface area contributed by atoms with Crippen molar-refractivity contribution < 1.29 is 9.18 Å². The van der Waals surface area contributed by atoms with Crippen molar-refractivity contribution in [2.24, 2.45) is 7.05 Å². The van der Waals surface area contributed by atoms with Crippen LogP contribution in [0.1, 0.15) is 17.3 Å². The van der Waals surface area contributed by atoms with Gasteiger partial charge in [0.05, 0.1) is 29.8 Å². The summed E-state index contributed by atoms with van der Waals surface area (Å²) in [4.78, 5) is 37.6. The fourth-order valence-corrected chi connectivity index (χ4v) is 3.98. The first-order chi connectivity index (χ1) is 17.0. The number of aromatic nitrogens is 7. The van der Waals surface area contributed by atoms with Gasteiger partial charge >= 0.3 is 0 Å². The van der Waals surface area contributed by atoms with Crippen molar-refractivity contribution in [2.75, 3.05) is 34.8 Å². The molecule has 178 valence electrons. The third-order valence-electron chi connectivity index (χ3n) is 5.77. The highest BCUT2D eigenvalue weighted by molar-refractivity contribution is 6.03. The average Bonchev–Trinajstić information content (AvgIpc) is 3.31. The molecule has 1 amide bonds. The molecule has 1 aliphatic heterocycles. The van der Waals surface area contributed by atoms with Crippen LogP contribution < -0.4 is 15.1 Å². The van der Waals surface area contributed by atoms with Crippen molar-refractivity contribution in [2.45, 2.75) is 13.0 Å². The summed E-state index contributed by atoms with van der Waals surface area (Å²) in [6.45, 7) is 4.04. The Labute approximate surface area is 200 Å². The summed E-state index contributed by atoms with van der Waals surface area (Å²) >= 11 is 0. The summed E-state index contributed by atoms with van der Waals surface area (Å²) in [6.07, 6.45) is 9.48. The van der Waals surface area contributed by atoms with Gasteiger partial charge in [0.15, 0.2) is 5.82 Å². The second-order valence-electron chi connectivity index (χ2n) is 8.24. The van der Waals surface area contributed by atoms with E-state index in [1.807, 2.05) is 25.1 Å². The van der Waals surface area contributed by atoms with Crippen molar-refractivity contribution in [1.82, 2.24) is 34.7 Å². The number of carbonyl (C=O) groups excluding carboxylic acids is 1. The van der Waals surface area contributed by atoms with Crippen LogP contribution >= 0.6 is 0 Å². The minimum atomic E-state index is -0.548. The zero-order valence-electron chi connectivity index (χ0n) is 19.2. The number of aryl methyl sites for hydroxylation is 1. The summed E-state index contributed by atoms with van der Waals surface area (Å²) in [5, 5.41) is 6.88. The molecule has 1 atom stereocenters. The minimum absolute atomic E-state index is 0.0846. The van der Waals surface area contributed by atoms with E-state index in [1.54, 1.807) is 29.2 Å². The normalized spacial score (nSPS) is 15.8. The molecule has 35 heavy (non-hydrogen) atoms. The molecule has 0 spiro atoms. The lowest BCUT2D eigenvalue weighted by Gasteiger charge is -2.40. The molecular weight excluding hydrogens is 451 g/mol. The van der Waals surface area contributed by atoms with E-state index < -0.39 is 5.95 Å². The largest absolute Gasteiger partial charge is 0.352 e. The van der Waals surface area contributed by atoms with Crippen molar-refractivity contribution >= 4 is 23.4 Å². The van der Waals surface area contributed by atoms with Gasteiger partial charge in [0.1, 0.15) is 18.0 Å². The highest BCUT2D eigenvalue weighted by atomic mass is 19.1. The first-order valence-corrected chi connectivity index (χ1v) is 11.0. The molecule has 0 unspecified atom stereocenters. The highest BCUT2D eigenvalue weighted by Crippen LogP contribution is 2.22. The Morgan fingerprint density at radius 3 is 2.57 bits per heavy atom. The predicted molar refractivity (Wildman–Crippen MR) is 127 cm³/mol. The third kappa shape index (κ3) is 4.90. The summed E-state index contributed by atoms with van der Waals surface area (Å²) in [6, 6.07) is 4.90. The maximum atomic E-state index is 13.5. The van der Waals surface area contributed by atoms with Crippen molar-refractivity contribution in [3.8, 4) is 11.3 Å². The van der Waals surface area contributed by atoms with Crippen LogP contribution in [0.3, 0.4) is 0 Å². The molecule has 12 heteroatoms. The second kappa shape index (κ2) is 9.41. The zero-order chi connectivity index (χ0) is 24.4. The first kappa shape index (κ1) is 22.3. The van der Waals surface area contributed by atoms with Crippen LogP contribution in [0.5, 0.6) is 0 Å². The van der Waals surface area contributed by atoms with Crippen LogP contribution in [0.4, 0.5) is 21.8 Å². The van der Waals surface area contributed by atoms with Crippen molar-refractivity contribution in [1.29, 1.82) is 0 Å². The Hall–Kier alpha value is -4.48. The molecule has 4 aromatic rings. The van der Waals surface area contributed by atoms with Crippen LogP contribution in [0.15, 0.2) is 55.5 Å². The smallest absolute Gasteiger partial charge is 0.258 e. The van der Waals surface area contributed by atoms with E-state index in [0.717, 1.165) is 11.3 Å². The van der Waals surface area contributed by atoms with E-state index in [2.05, 4.69) is 40.2 Å². The molecule has 4 aromatic heterocycles. The standard InChI is InChI=1S/C23H23FN10O/c1-15-12-33(5-6-34(15)21-7-19(24)28-14-29-21)22-11-26-20(10-27-22)31-23(35)16-3-4-18(25-8-16)17-9-30-32(2)13-17/h3-4,7-11,13-15H,5-6,12H2,1-2H3,(H,26,31,35)/t15-/m0/s1. The highest BCUT2D eigenvalue weighted by Gasteiger charge is 2.26. The average molecular weight is 475 g/mol. The Kier molecular flexibility index (Phi) is 6.00. The van der Waals surface area contributed by atoms with Crippen LogP contribution in [0.25, 0.3) is 11.3 Å². The summed E-state index contributed by atoms with van der Waals surface area (Å²) in [5.74, 6) is 0.741. The lowest BCUT2D eigenvalue weighted by molar-refractivity contribution is 0.102. The Bertz CT molecular complexity index is 1320. The summed E-state index contributed by atoms with van der Waals surface area (Å²) in [5.41, 5.74) is 2.02. The van der Waals surface area contributed by atoms with Crippen LogP contribution in [-0.2, 0) is 7.05 Å². The lowest BCUT2D eigenvalue weighted by Crippen LogP contribution is -2.52. The van der Waals surface area contributed by atoms with Crippen LogP contribution in [0, 0.1) is 5.95 Å². The van der Waals surface area contributed by atoms with Crippen molar-refractivity contribution in [3.63, 3.8) is 0 Å². The van der Waals surface area contributed by atoms with E-state index in [9.17, 15) is 9.18 Å². The first-order valence-electron chi connectivity index (χ1n) is 11.0. The van der Waals surface area contributed by atoms with Crippen molar-refractivity contribution in [3.05, 3.63) is 67.0 Å². The van der Waals surface area contributed by atoms with Gasteiger partial charge in [-0.15, -0.1) is 0 Å². The molecule has 1 saturated heterocycles. The Balaban J connectivity index is 1.19.